The average Bonchev–Trinajstić information content (AvgIpc) is 2.53. The van der Waals surface area contributed by atoms with Crippen molar-refractivity contribution in [2.75, 3.05) is 7.11 Å². The molecule has 0 aliphatic rings. The molecule has 0 atom stereocenters. The number of rotatable bonds is 8. The summed E-state index contributed by atoms with van der Waals surface area (Å²) in [6, 6.07) is 4.65. The van der Waals surface area contributed by atoms with Gasteiger partial charge in [0.05, 0.1) is 13.3 Å². The van der Waals surface area contributed by atoms with Gasteiger partial charge in [-0.05, 0) is 31.0 Å². The summed E-state index contributed by atoms with van der Waals surface area (Å²) in [5, 5.41) is 21.7. The average molecular weight is 309 g/mol. The summed E-state index contributed by atoms with van der Waals surface area (Å²) in [5.74, 6) is -0.198. The van der Waals surface area contributed by atoms with Crippen LogP contribution in [0.2, 0.25) is 0 Å². The smallest absolute Gasteiger partial charge is 0.243 e. The third-order valence-corrected chi connectivity index (χ3v) is 2.81. The highest BCUT2D eigenvalue weighted by atomic mass is 16.5. The summed E-state index contributed by atoms with van der Waals surface area (Å²) in [6.07, 6.45) is 2.67. The molecule has 0 aliphatic carbocycles. The van der Waals surface area contributed by atoms with Gasteiger partial charge in [0, 0.05) is 18.4 Å². The van der Waals surface area contributed by atoms with Crippen molar-refractivity contribution in [1.29, 1.82) is 0 Å². The van der Waals surface area contributed by atoms with Crippen LogP contribution >= 0.6 is 0 Å². The van der Waals surface area contributed by atoms with E-state index in [9.17, 15) is 14.7 Å². The zero-order valence-corrected chi connectivity index (χ0v) is 12.2. The van der Waals surface area contributed by atoms with Gasteiger partial charge in [0.2, 0.25) is 11.8 Å². The van der Waals surface area contributed by atoms with Gasteiger partial charge in [0.25, 0.3) is 0 Å². The SMILES string of the molecule is COc1ccc(O)c(/C=N/NC(=O)CCCCC(=O)NO)c1. The molecule has 1 rings (SSSR count). The van der Waals surface area contributed by atoms with Gasteiger partial charge < -0.3 is 9.84 Å². The second kappa shape index (κ2) is 9.35. The summed E-state index contributed by atoms with van der Waals surface area (Å²) in [5.41, 5.74) is 4.27. The standard InChI is InChI=1S/C14H19N3O5/c1-22-11-6-7-12(18)10(8-11)9-15-16-13(19)4-2-3-5-14(20)17-21/h6-9,18,21H,2-5H2,1H3,(H,16,19)(H,17,20)/b15-9+. The Bertz CT molecular complexity index is 545. The van der Waals surface area contributed by atoms with E-state index in [0.29, 0.717) is 24.2 Å². The fourth-order valence-electron chi connectivity index (χ4n) is 1.62. The lowest BCUT2D eigenvalue weighted by molar-refractivity contribution is -0.129. The molecule has 0 bridgehead atoms. The van der Waals surface area contributed by atoms with Crippen molar-refractivity contribution in [3.8, 4) is 11.5 Å². The van der Waals surface area contributed by atoms with Crippen LogP contribution in [0.3, 0.4) is 0 Å². The number of aromatic hydroxyl groups is 1. The molecule has 1 aromatic rings. The van der Waals surface area contributed by atoms with Crippen LogP contribution in [0.25, 0.3) is 0 Å². The van der Waals surface area contributed by atoms with Crippen LogP contribution in [0, 0.1) is 0 Å². The van der Waals surface area contributed by atoms with Crippen molar-refractivity contribution in [3.05, 3.63) is 23.8 Å². The number of benzene rings is 1. The zero-order chi connectivity index (χ0) is 16.4. The molecule has 0 saturated heterocycles. The Balaban J connectivity index is 2.36. The van der Waals surface area contributed by atoms with E-state index in [0.717, 1.165) is 0 Å². The van der Waals surface area contributed by atoms with Gasteiger partial charge in [-0.3, -0.25) is 14.8 Å². The number of carbonyl (C=O) groups excluding carboxylic acids is 2. The molecular weight excluding hydrogens is 290 g/mol. The minimum atomic E-state index is -0.480. The number of phenols is 1. The largest absolute Gasteiger partial charge is 0.507 e. The van der Waals surface area contributed by atoms with E-state index in [1.165, 1.54) is 24.9 Å². The molecule has 120 valence electrons. The molecular formula is C14H19N3O5. The van der Waals surface area contributed by atoms with Gasteiger partial charge >= 0.3 is 0 Å². The van der Waals surface area contributed by atoms with Crippen molar-refractivity contribution in [2.24, 2.45) is 5.10 Å². The van der Waals surface area contributed by atoms with Gasteiger partial charge in [-0.2, -0.15) is 5.10 Å². The summed E-state index contributed by atoms with van der Waals surface area (Å²) >= 11 is 0. The monoisotopic (exact) mass is 309 g/mol. The van der Waals surface area contributed by atoms with Crippen LogP contribution in [0.5, 0.6) is 11.5 Å². The Morgan fingerprint density at radius 2 is 1.95 bits per heavy atom. The first kappa shape index (κ1) is 17.4. The Labute approximate surface area is 127 Å². The minimum Gasteiger partial charge on any atom is -0.507 e. The molecule has 0 unspecified atom stereocenters. The lowest BCUT2D eigenvalue weighted by atomic mass is 10.2. The Kier molecular flexibility index (Phi) is 7.41. The van der Waals surface area contributed by atoms with E-state index in [-0.39, 0.29) is 24.5 Å². The molecule has 8 heteroatoms. The maximum Gasteiger partial charge on any atom is 0.243 e. The van der Waals surface area contributed by atoms with Gasteiger partial charge in [-0.1, -0.05) is 0 Å². The molecule has 8 nitrogen and oxygen atoms in total. The highest BCUT2D eigenvalue weighted by Crippen LogP contribution is 2.20. The van der Waals surface area contributed by atoms with Crippen LogP contribution in [0.15, 0.2) is 23.3 Å². The second-order valence-corrected chi connectivity index (χ2v) is 4.46. The van der Waals surface area contributed by atoms with Crippen molar-refractivity contribution < 1.29 is 24.6 Å². The molecule has 0 radical (unpaired) electrons. The van der Waals surface area contributed by atoms with Crippen LogP contribution in [-0.4, -0.2) is 35.5 Å². The maximum atomic E-state index is 11.5. The number of amides is 2. The molecule has 0 saturated carbocycles. The number of nitrogens with one attached hydrogen (secondary N) is 2. The van der Waals surface area contributed by atoms with Crippen LogP contribution < -0.4 is 15.6 Å². The Morgan fingerprint density at radius 3 is 2.59 bits per heavy atom. The molecule has 0 aliphatic heterocycles. The highest BCUT2D eigenvalue weighted by Gasteiger charge is 2.03. The predicted octanol–water partition coefficient (Wildman–Crippen LogP) is 0.917. The van der Waals surface area contributed by atoms with E-state index in [2.05, 4.69) is 10.5 Å². The molecule has 1 aromatic carbocycles. The Hall–Kier alpha value is -2.61. The lowest BCUT2D eigenvalue weighted by Crippen LogP contribution is -2.19. The number of phenolic OH excluding ortho intramolecular Hbond substituents is 1. The third kappa shape index (κ3) is 6.23. The maximum absolute atomic E-state index is 11.5. The van der Waals surface area contributed by atoms with Gasteiger partial charge in [0.15, 0.2) is 0 Å². The van der Waals surface area contributed by atoms with Crippen LogP contribution in [0.1, 0.15) is 31.2 Å². The zero-order valence-electron chi connectivity index (χ0n) is 12.2. The molecule has 0 aromatic heterocycles. The van der Waals surface area contributed by atoms with E-state index in [4.69, 9.17) is 9.94 Å². The van der Waals surface area contributed by atoms with Gasteiger partial charge in [-0.25, -0.2) is 10.9 Å². The summed E-state index contributed by atoms with van der Waals surface area (Å²) in [7, 11) is 1.51. The van der Waals surface area contributed by atoms with E-state index >= 15 is 0 Å². The summed E-state index contributed by atoms with van der Waals surface area (Å²) in [4.78, 5) is 22.2. The van der Waals surface area contributed by atoms with E-state index < -0.39 is 5.91 Å². The second-order valence-electron chi connectivity index (χ2n) is 4.46. The number of hydroxylamine groups is 1. The number of hydrogen-bond acceptors (Lipinski definition) is 6. The number of carbonyl (C=O) groups is 2. The normalized spacial score (nSPS) is 10.5. The molecule has 0 fully saturated rings. The molecule has 4 N–H and O–H groups in total. The van der Waals surface area contributed by atoms with E-state index in [1.54, 1.807) is 12.1 Å². The van der Waals surface area contributed by atoms with Crippen molar-refractivity contribution >= 4 is 18.0 Å². The predicted molar refractivity (Wildman–Crippen MR) is 78.8 cm³/mol. The first-order valence-electron chi connectivity index (χ1n) is 6.68. The van der Waals surface area contributed by atoms with Crippen LogP contribution in [-0.2, 0) is 9.59 Å². The van der Waals surface area contributed by atoms with Gasteiger partial charge in [0.1, 0.15) is 11.5 Å². The number of ether oxygens (including phenoxy) is 1. The molecule has 0 heterocycles. The Morgan fingerprint density at radius 1 is 1.27 bits per heavy atom. The first-order chi connectivity index (χ1) is 10.6. The van der Waals surface area contributed by atoms with Crippen LogP contribution in [0.4, 0.5) is 0 Å². The van der Waals surface area contributed by atoms with E-state index in [1.807, 2.05) is 0 Å². The fraction of sp³-hybridized carbons (Fsp3) is 0.357. The third-order valence-electron chi connectivity index (χ3n) is 2.81. The quantitative estimate of drug-likeness (QED) is 0.246. The fourth-order valence-corrected chi connectivity index (χ4v) is 1.62. The summed E-state index contributed by atoms with van der Waals surface area (Å²) < 4.78 is 5.02. The first-order valence-corrected chi connectivity index (χ1v) is 6.68. The number of hydrazone groups is 1. The molecule has 0 spiro atoms. The highest BCUT2D eigenvalue weighted by molar-refractivity contribution is 5.85. The molecule has 22 heavy (non-hydrogen) atoms. The van der Waals surface area contributed by atoms with Gasteiger partial charge in [-0.15, -0.1) is 0 Å². The number of nitrogens with zero attached hydrogens (tertiary/aromatic N) is 1. The topological polar surface area (TPSA) is 120 Å². The minimum absolute atomic E-state index is 0.0221. The number of unbranched alkanes of at least 4 members (excludes halogenated alkanes) is 1. The van der Waals surface area contributed by atoms with Crippen molar-refractivity contribution in [3.63, 3.8) is 0 Å². The van der Waals surface area contributed by atoms with Crippen molar-refractivity contribution in [1.82, 2.24) is 10.9 Å². The van der Waals surface area contributed by atoms with Crippen molar-refractivity contribution in [2.45, 2.75) is 25.7 Å². The summed E-state index contributed by atoms with van der Waals surface area (Å²) in [6.45, 7) is 0. The lowest BCUT2D eigenvalue weighted by Gasteiger charge is -2.03. The molecule has 2 amide bonds. The number of methoxy groups -OCH3 is 1. The number of hydrogen-bond donors (Lipinski definition) is 4.